The lowest BCUT2D eigenvalue weighted by Crippen LogP contribution is -2.20. The monoisotopic (exact) mass is 422 g/mol. The number of hydrogen-bond acceptors (Lipinski definition) is 5. The van der Waals surface area contributed by atoms with Crippen LogP contribution < -0.4 is 10.1 Å². The summed E-state index contributed by atoms with van der Waals surface area (Å²) in [4.78, 5) is 16.5. The van der Waals surface area contributed by atoms with Crippen molar-refractivity contribution in [3.63, 3.8) is 0 Å². The number of benzene rings is 2. The molecule has 0 atom stereocenters. The Morgan fingerprint density at radius 1 is 1.10 bits per heavy atom. The summed E-state index contributed by atoms with van der Waals surface area (Å²) in [5, 5.41) is 2.57. The van der Waals surface area contributed by atoms with Crippen molar-refractivity contribution in [3.05, 3.63) is 66.6 Å². The van der Waals surface area contributed by atoms with Crippen LogP contribution in [0.15, 0.2) is 65.3 Å². The number of carbonyl (C=O) groups is 1. The van der Waals surface area contributed by atoms with Gasteiger partial charge < -0.3 is 14.5 Å². The molecule has 0 spiro atoms. The lowest BCUT2D eigenvalue weighted by atomic mass is 10.2. The first-order chi connectivity index (χ1) is 13.9. The van der Waals surface area contributed by atoms with Crippen molar-refractivity contribution < 1.29 is 27.1 Å². The normalized spacial score (nSPS) is 11.3. The number of hydrogen-bond donors (Lipinski definition) is 1. The third-order valence-corrected chi connectivity index (χ3v) is 4.57. The number of aromatic nitrogens is 1. The van der Waals surface area contributed by atoms with Crippen LogP contribution in [0.3, 0.4) is 0 Å². The summed E-state index contributed by atoms with van der Waals surface area (Å²) < 4.78 is 47.2. The van der Waals surface area contributed by atoms with E-state index in [4.69, 9.17) is 9.15 Å². The summed E-state index contributed by atoms with van der Waals surface area (Å²) in [6, 6.07) is 15.4. The molecule has 0 aliphatic carbocycles. The second-order valence-electron chi connectivity index (χ2n) is 5.95. The van der Waals surface area contributed by atoms with E-state index in [-0.39, 0.29) is 23.1 Å². The Labute approximate surface area is 169 Å². The van der Waals surface area contributed by atoms with Crippen molar-refractivity contribution in [2.24, 2.45) is 0 Å². The molecule has 0 aliphatic heterocycles. The number of anilines is 1. The number of thioether (sulfide) groups is 1. The van der Waals surface area contributed by atoms with Gasteiger partial charge in [0, 0.05) is 11.3 Å². The Morgan fingerprint density at radius 2 is 1.83 bits per heavy atom. The van der Waals surface area contributed by atoms with E-state index in [9.17, 15) is 18.0 Å². The van der Waals surface area contributed by atoms with Crippen LogP contribution in [0.4, 0.5) is 18.9 Å². The number of carbonyl (C=O) groups excluding carboxylic acids is 1. The van der Waals surface area contributed by atoms with Crippen molar-refractivity contribution in [1.29, 1.82) is 0 Å². The van der Waals surface area contributed by atoms with E-state index in [1.54, 1.807) is 6.07 Å². The van der Waals surface area contributed by atoms with Crippen LogP contribution in [0, 0.1) is 0 Å². The molecule has 1 heterocycles. The molecule has 0 saturated heterocycles. The molecule has 1 aromatic heterocycles. The van der Waals surface area contributed by atoms with Crippen molar-refractivity contribution >= 4 is 23.4 Å². The third kappa shape index (κ3) is 6.56. The highest BCUT2D eigenvalue weighted by atomic mass is 32.2. The largest absolute Gasteiger partial charge is 0.482 e. The highest BCUT2D eigenvalue weighted by Gasteiger charge is 2.28. The van der Waals surface area contributed by atoms with Gasteiger partial charge in [0.2, 0.25) is 11.8 Å². The Bertz CT molecular complexity index is 945. The molecule has 2 aromatic carbocycles. The number of ether oxygens (including phenoxy) is 1. The molecule has 9 heteroatoms. The maximum absolute atomic E-state index is 12.3. The van der Waals surface area contributed by atoms with Crippen molar-refractivity contribution in [2.45, 2.75) is 11.9 Å². The zero-order chi connectivity index (χ0) is 20.7. The van der Waals surface area contributed by atoms with Crippen molar-refractivity contribution in [3.8, 4) is 17.2 Å². The first-order valence-electron chi connectivity index (χ1n) is 8.57. The number of amides is 1. The molecule has 1 N–H and O–H groups in total. The van der Waals surface area contributed by atoms with E-state index in [2.05, 4.69) is 10.3 Å². The minimum Gasteiger partial charge on any atom is -0.482 e. The van der Waals surface area contributed by atoms with E-state index >= 15 is 0 Å². The van der Waals surface area contributed by atoms with Gasteiger partial charge in [0.1, 0.15) is 12.0 Å². The predicted molar refractivity (Wildman–Crippen MR) is 105 cm³/mol. The number of nitrogens with one attached hydrogen (secondary N) is 1. The second-order valence-corrected chi connectivity index (χ2v) is 6.94. The highest BCUT2D eigenvalue weighted by molar-refractivity contribution is 7.99. The number of rotatable bonds is 8. The SMILES string of the molecule is O=C(CSCc1coc(-c2ccccc2)n1)Nc1ccccc1OCC(F)(F)F. The van der Waals surface area contributed by atoms with Gasteiger partial charge in [-0.1, -0.05) is 30.3 Å². The Balaban J connectivity index is 1.49. The van der Waals surface area contributed by atoms with E-state index in [0.29, 0.717) is 17.3 Å². The molecule has 0 bridgehead atoms. The fourth-order valence-electron chi connectivity index (χ4n) is 2.38. The molecule has 0 radical (unpaired) electrons. The number of oxazole rings is 1. The minimum atomic E-state index is -4.46. The lowest BCUT2D eigenvalue weighted by Gasteiger charge is -2.13. The van der Waals surface area contributed by atoms with Crippen LogP contribution >= 0.6 is 11.8 Å². The Morgan fingerprint density at radius 3 is 2.59 bits per heavy atom. The van der Waals surface area contributed by atoms with Gasteiger partial charge in [0.25, 0.3) is 0 Å². The fourth-order valence-corrected chi connectivity index (χ4v) is 3.08. The third-order valence-electron chi connectivity index (χ3n) is 3.61. The zero-order valence-corrected chi connectivity index (χ0v) is 15.9. The summed E-state index contributed by atoms with van der Waals surface area (Å²) in [6.45, 7) is -1.43. The van der Waals surface area contributed by atoms with Crippen LogP contribution in [-0.2, 0) is 10.5 Å². The molecule has 0 aliphatic rings. The molecule has 0 fully saturated rings. The van der Waals surface area contributed by atoms with Crippen LogP contribution in [0.1, 0.15) is 5.69 Å². The second kappa shape index (κ2) is 9.51. The number of para-hydroxylation sites is 2. The van der Waals surface area contributed by atoms with E-state index < -0.39 is 12.8 Å². The fraction of sp³-hybridized carbons (Fsp3) is 0.200. The molecule has 29 heavy (non-hydrogen) atoms. The van der Waals surface area contributed by atoms with Gasteiger partial charge in [0.05, 0.1) is 17.1 Å². The summed E-state index contributed by atoms with van der Waals surface area (Å²) >= 11 is 1.31. The first kappa shape index (κ1) is 20.8. The quantitative estimate of drug-likeness (QED) is 0.544. The molecule has 1 amide bonds. The Kier molecular flexibility index (Phi) is 6.82. The topological polar surface area (TPSA) is 64.4 Å². The first-order valence-corrected chi connectivity index (χ1v) is 9.72. The molecule has 152 valence electrons. The maximum atomic E-state index is 12.3. The van der Waals surface area contributed by atoms with E-state index in [0.717, 1.165) is 5.56 Å². The average molecular weight is 422 g/mol. The Hall–Kier alpha value is -2.94. The van der Waals surface area contributed by atoms with E-state index in [1.165, 1.54) is 36.2 Å². The van der Waals surface area contributed by atoms with Crippen LogP contribution in [0.2, 0.25) is 0 Å². The van der Waals surface area contributed by atoms with Gasteiger partial charge in [0.15, 0.2) is 6.61 Å². The molecule has 3 rings (SSSR count). The summed E-state index contributed by atoms with van der Waals surface area (Å²) in [5.74, 6) is 0.662. The van der Waals surface area contributed by atoms with Gasteiger partial charge in [-0.25, -0.2) is 4.98 Å². The smallest absolute Gasteiger partial charge is 0.422 e. The summed E-state index contributed by atoms with van der Waals surface area (Å²) in [6.07, 6.45) is -2.92. The molecular formula is C20H17F3N2O3S. The lowest BCUT2D eigenvalue weighted by molar-refractivity contribution is -0.153. The van der Waals surface area contributed by atoms with Gasteiger partial charge >= 0.3 is 6.18 Å². The minimum absolute atomic E-state index is 0.0350. The standard InChI is InChI=1S/C20H17F3N2O3S/c21-20(22,23)13-28-17-9-5-4-8-16(17)25-18(26)12-29-11-15-10-27-19(24-15)14-6-2-1-3-7-14/h1-10H,11-13H2,(H,25,26). The predicted octanol–water partition coefficient (Wildman–Crippen LogP) is 5.15. The molecule has 5 nitrogen and oxygen atoms in total. The molecular weight excluding hydrogens is 405 g/mol. The van der Waals surface area contributed by atoms with Crippen LogP contribution in [0.5, 0.6) is 5.75 Å². The summed E-state index contributed by atoms with van der Waals surface area (Å²) in [7, 11) is 0. The zero-order valence-electron chi connectivity index (χ0n) is 15.1. The van der Waals surface area contributed by atoms with Crippen LogP contribution in [0.25, 0.3) is 11.5 Å². The van der Waals surface area contributed by atoms with Gasteiger partial charge in [-0.2, -0.15) is 13.2 Å². The molecule has 0 unspecified atom stereocenters. The highest BCUT2D eigenvalue weighted by Crippen LogP contribution is 2.27. The molecule has 0 saturated carbocycles. The average Bonchev–Trinajstić information content (AvgIpc) is 3.16. The van der Waals surface area contributed by atoms with Gasteiger partial charge in [-0.3, -0.25) is 4.79 Å². The number of halogens is 3. The maximum Gasteiger partial charge on any atom is 0.422 e. The number of alkyl halides is 3. The van der Waals surface area contributed by atoms with E-state index in [1.807, 2.05) is 30.3 Å². The number of nitrogens with zero attached hydrogens (tertiary/aromatic N) is 1. The van der Waals surface area contributed by atoms with Gasteiger partial charge in [-0.05, 0) is 24.3 Å². The van der Waals surface area contributed by atoms with Crippen molar-refractivity contribution in [1.82, 2.24) is 4.98 Å². The van der Waals surface area contributed by atoms with Gasteiger partial charge in [-0.15, -0.1) is 11.8 Å². The molecule has 3 aromatic rings. The van der Waals surface area contributed by atoms with Crippen molar-refractivity contribution in [2.75, 3.05) is 17.7 Å². The summed E-state index contributed by atoms with van der Waals surface area (Å²) in [5.41, 5.74) is 1.74. The van der Waals surface area contributed by atoms with Crippen LogP contribution in [-0.4, -0.2) is 29.4 Å².